The summed E-state index contributed by atoms with van der Waals surface area (Å²) in [4.78, 5) is 42.4. The van der Waals surface area contributed by atoms with Gasteiger partial charge in [-0.2, -0.15) is 0 Å². The number of hydrogen-bond acceptors (Lipinski definition) is 4. The van der Waals surface area contributed by atoms with E-state index in [1.165, 1.54) is 77.0 Å². The fourth-order valence-corrected chi connectivity index (χ4v) is 5.75. The minimum atomic E-state index is -0.457. The number of unbranched alkanes of at least 4 members (excludes halogenated alkanes) is 14. The van der Waals surface area contributed by atoms with Gasteiger partial charge in [-0.05, 0) is 24.7 Å². The van der Waals surface area contributed by atoms with Crippen LogP contribution in [0.15, 0.2) is 12.2 Å². The smallest absolute Gasteiger partial charge is 0.330 e. The zero-order valence-corrected chi connectivity index (χ0v) is 20.1. The van der Waals surface area contributed by atoms with E-state index < -0.39 is 5.97 Å². The quantitative estimate of drug-likeness (QED) is 0.145. The summed E-state index contributed by atoms with van der Waals surface area (Å²) in [5, 5.41) is 0.773. The Morgan fingerprint density at radius 1 is 0.750 bits per heavy atom. The van der Waals surface area contributed by atoms with Crippen LogP contribution in [0.5, 0.6) is 0 Å². The highest BCUT2D eigenvalue weighted by molar-refractivity contribution is 6.06. The summed E-state index contributed by atoms with van der Waals surface area (Å²) < 4.78 is 0. The van der Waals surface area contributed by atoms with Crippen molar-refractivity contribution in [3.8, 4) is 0 Å². The third-order valence-corrected chi connectivity index (χ3v) is 7.61. The first-order valence-electron chi connectivity index (χ1n) is 13.4. The van der Waals surface area contributed by atoms with Gasteiger partial charge in [-0.3, -0.25) is 9.59 Å². The SMILES string of the molecule is CCCCCCCCCCCCCCCCCC(=O)ON1C(=O)C2C3C=CC(C3)C2C1=O. The average Bonchev–Trinajstić information content (AvgIpc) is 3.46. The third kappa shape index (κ3) is 6.68. The zero-order valence-electron chi connectivity index (χ0n) is 20.1. The van der Waals surface area contributed by atoms with E-state index in [9.17, 15) is 14.4 Å². The van der Waals surface area contributed by atoms with Crippen LogP contribution in [0.25, 0.3) is 0 Å². The first-order valence-corrected chi connectivity index (χ1v) is 13.4. The summed E-state index contributed by atoms with van der Waals surface area (Å²) in [5.74, 6) is -1.43. The average molecular weight is 446 g/mol. The lowest BCUT2D eigenvalue weighted by molar-refractivity contribution is -0.199. The zero-order chi connectivity index (χ0) is 22.8. The first-order chi connectivity index (χ1) is 15.6. The number of allylic oxidation sites excluding steroid dienone is 2. The van der Waals surface area contributed by atoms with Crippen molar-refractivity contribution in [1.82, 2.24) is 5.06 Å². The molecule has 0 N–H and O–H groups in total. The molecule has 0 radical (unpaired) electrons. The van der Waals surface area contributed by atoms with Gasteiger partial charge >= 0.3 is 5.97 Å². The van der Waals surface area contributed by atoms with Crippen LogP contribution in [0.2, 0.25) is 0 Å². The van der Waals surface area contributed by atoms with Crippen LogP contribution in [0.1, 0.15) is 116 Å². The van der Waals surface area contributed by atoms with Crippen LogP contribution in [0.3, 0.4) is 0 Å². The molecule has 5 nitrogen and oxygen atoms in total. The molecule has 4 unspecified atom stereocenters. The van der Waals surface area contributed by atoms with Crippen molar-refractivity contribution in [3.05, 3.63) is 12.2 Å². The Morgan fingerprint density at radius 3 is 1.59 bits per heavy atom. The van der Waals surface area contributed by atoms with Gasteiger partial charge in [0, 0.05) is 6.42 Å². The molecule has 2 amide bonds. The van der Waals surface area contributed by atoms with Crippen LogP contribution in [-0.2, 0) is 19.2 Å². The Morgan fingerprint density at radius 2 is 1.16 bits per heavy atom. The van der Waals surface area contributed by atoms with Crippen molar-refractivity contribution in [2.24, 2.45) is 23.7 Å². The van der Waals surface area contributed by atoms with Gasteiger partial charge in [0.1, 0.15) is 0 Å². The maximum Gasteiger partial charge on any atom is 0.333 e. The Labute approximate surface area is 194 Å². The van der Waals surface area contributed by atoms with Gasteiger partial charge < -0.3 is 4.84 Å². The molecule has 2 bridgehead atoms. The molecule has 2 fully saturated rings. The van der Waals surface area contributed by atoms with Crippen LogP contribution in [0.4, 0.5) is 0 Å². The second-order valence-electron chi connectivity index (χ2n) is 10.1. The predicted molar refractivity (Wildman–Crippen MR) is 125 cm³/mol. The van der Waals surface area contributed by atoms with Crippen molar-refractivity contribution in [2.45, 2.75) is 116 Å². The van der Waals surface area contributed by atoms with E-state index >= 15 is 0 Å². The van der Waals surface area contributed by atoms with E-state index in [2.05, 4.69) is 6.92 Å². The van der Waals surface area contributed by atoms with E-state index in [1.807, 2.05) is 12.2 Å². The van der Waals surface area contributed by atoms with Crippen molar-refractivity contribution < 1.29 is 19.2 Å². The van der Waals surface area contributed by atoms with Crippen molar-refractivity contribution in [3.63, 3.8) is 0 Å². The maximum atomic E-state index is 12.5. The molecule has 180 valence electrons. The number of hydroxylamine groups is 2. The summed E-state index contributed by atoms with van der Waals surface area (Å²) in [6.07, 6.45) is 24.3. The molecular weight excluding hydrogens is 402 g/mol. The van der Waals surface area contributed by atoms with Crippen molar-refractivity contribution >= 4 is 17.8 Å². The number of fused-ring (bicyclic) bond motifs is 5. The molecule has 3 rings (SSSR count). The van der Waals surface area contributed by atoms with Gasteiger partial charge in [0.15, 0.2) is 0 Å². The molecule has 1 saturated carbocycles. The van der Waals surface area contributed by atoms with Gasteiger partial charge in [-0.25, -0.2) is 4.79 Å². The minimum absolute atomic E-state index is 0.140. The fourth-order valence-electron chi connectivity index (χ4n) is 5.75. The van der Waals surface area contributed by atoms with Gasteiger partial charge in [0.25, 0.3) is 11.8 Å². The maximum absolute atomic E-state index is 12.5. The van der Waals surface area contributed by atoms with Gasteiger partial charge in [0.2, 0.25) is 0 Å². The summed E-state index contributed by atoms with van der Waals surface area (Å²) in [6.45, 7) is 2.26. The normalized spacial score (nSPS) is 25.7. The lowest BCUT2D eigenvalue weighted by Crippen LogP contribution is -2.35. The summed E-state index contributed by atoms with van der Waals surface area (Å²) in [5.41, 5.74) is 0. The molecule has 3 aliphatic rings. The highest BCUT2D eigenvalue weighted by Gasteiger charge is 2.60. The molecule has 0 aromatic carbocycles. The van der Waals surface area contributed by atoms with E-state index in [0.29, 0.717) is 0 Å². The number of carbonyl (C=O) groups is 3. The summed E-state index contributed by atoms with van der Waals surface area (Å²) >= 11 is 0. The predicted octanol–water partition coefficient (Wildman–Crippen LogP) is 6.51. The molecule has 4 atom stereocenters. The minimum Gasteiger partial charge on any atom is -0.330 e. The van der Waals surface area contributed by atoms with Gasteiger partial charge in [-0.1, -0.05) is 109 Å². The Balaban J connectivity index is 1.13. The molecule has 32 heavy (non-hydrogen) atoms. The highest BCUT2D eigenvalue weighted by atomic mass is 16.7. The van der Waals surface area contributed by atoms with Gasteiger partial charge in [0.05, 0.1) is 11.8 Å². The van der Waals surface area contributed by atoms with Crippen LogP contribution >= 0.6 is 0 Å². The van der Waals surface area contributed by atoms with E-state index in [1.54, 1.807) is 0 Å². The lowest BCUT2D eigenvalue weighted by Gasteiger charge is -2.15. The van der Waals surface area contributed by atoms with E-state index in [4.69, 9.17) is 4.84 Å². The number of imide groups is 1. The molecule has 1 saturated heterocycles. The lowest BCUT2D eigenvalue weighted by atomic mass is 9.85. The number of nitrogens with zero attached hydrogens (tertiary/aromatic N) is 1. The first kappa shape index (κ1) is 25.0. The third-order valence-electron chi connectivity index (χ3n) is 7.61. The number of rotatable bonds is 17. The molecule has 0 aromatic rings. The Bertz CT molecular complexity index is 628. The Kier molecular flexibility index (Phi) is 10.3. The number of hydrogen-bond donors (Lipinski definition) is 0. The monoisotopic (exact) mass is 445 g/mol. The van der Waals surface area contributed by atoms with Gasteiger partial charge in [-0.15, -0.1) is 5.06 Å². The number of amides is 2. The molecule has 1 aliphatic heterocycles. The van der Waals surface area contributed by atoms with Crippen molar-refractivity contribution in [1.29, 1.82) is 0 Å². The highest BCUT2D eigenvalue weighted by Crippen LogP contribution is 2.52. The largest absolute Gasteiger partial charge is 0.333 e. The molecule has 2 aliphatic carbocycles. The second kappa shape index (κ2) is 13.2. The summed E-state index contributed by atoms with van der Waals surface area (Å²) in [6, 6.07) is 0. The van der Waals surface area contributed by atoms with Crippen LogP contribution < -0.4 is 0 Å². The molecule has 5 heteroatoms. The Hall–Kier alpha value is -1.65. The molecular formula is C27H43NO4. The fraction of sp³-hybridized carbons (Fsp3) is 0.815. The number of carbonyl (C=O) groups excluding carboxylic acids is 3. The molecule has 1 heterocycles. The van der Waals surface area contributed by atoms with Crippen LogP contribution in [-0.4, -0.2) is 22.8 Å². The molecule has 0 aromatic heterocycles. The standard InChI is InChI=1S/C27H43NO4/c1-2-3-4-5-6-7-8-9-10-11-12-13-14-15-16-17-23(29)32-28-26(30)24-21-18-19-22(20-21)25(24)27(28)31/h18-19,21-22,24-25H,2-17,20H2,1H3. The van der Waals surface area contributed by atoms with Crippen molar-refractivity contribution in [2.75, 3.05) is 0 Å². The van der Waals surface area contributed by atoms with Crippen LogP contribution in [0, 0.1) is 23.7 Å². The topological polar surface area (TPSA) is 63.7 Å². The molecule has 0 spiro atoms. The van der Waals surface area contributed by atoms with E-state index in [-0.39, 0.29) is 41.9 Å². The summed E-state index contributed by atoms with van der Waals surface area (Å²) in [7, 11) is 0. The van der Waals surface area contributed by atoms with E-state index in [0.717, 1.165) is 30.7 Å². The second-order valence-corrected chi connectivity index (χ2v) is 10.1.